The monoisotopic (exact) mass is 257 g/mol. The molecule has 1 rings (SSSR count). The van der Waals surface area contributed by atoms with Gasteiger partial charge in [0.2, 0.25) is 6.29 Å². The van der Waals surface area contributed by atoms with Crippen molar-refractivity contribution in [3.63, 3.8) is 0 Å². The maximum atomic E-state index is 10.5. The van der Waals surface area contributed by atoms with Crippen molar-refractivity contribution in [1.82, 2.24) is 0 Å². The average molecular weight is 257 g/mol. The number of aryl methyl sites for hydroxylation is 1. The summed E-state index contributed by atoms with van der Waals surface area (Å²) in [6.45, 7) is 1.51. The number of hydrogen-bond acceptors (Lipinski definition) is 5. The number of aliphatic hydroxyl groups is 2. The third-order valence-electron chi connectivity index (χ3n) is 2.36. The molecule has 0 radical (unpaired) electrons. The second kappa shape index (κ2) is 5.90. The summed E-state index contributed by atoms with van der Waals surface area (Å²) >= 11 is 4.25. The molecule has 0 aliphatic heterocycles. The normalized spacial score (nSPS) is 14.1. The molecule has 0 unspecified atom stereocenters. The zero-order chi connectivity index (χ0) is 13.0. The minimum absolute atomic E-state index is 0.384. The third kappa shape index (κ3) is 3.62. The van der Waals surface area contributed by atoms with Gasteiger partial charge in [0.15, 0.2) is 0 Å². The molecule has 5 nitrogen and oxygen atoms in total. The molecular weight excluding hydrogens is 242 g/mol. The molecule has 4 N–H and O–H groups in total. The van der Waals surface area contributed by atoms with Crippen LogP contribution in [-0.2, 0) is 4.74 Å². The van der Waals surface area contributed by atoms with Crippen molar-refractivity contribution in [2.45, 2.75) is 24.0 Å². The first-order valence-corrected chi connectivity index (χ1v) is 5.45. The second-order valence-corrected chi connectivity index (χ2v) is 4.16. The van der Waals surface area contributed by atoms with Crippen LogP contribution in [0.25, 0.3) is 0 Å². The van der Waals surface area contributed by atoms with Crippen molar-refractivity contribution in [1.29, 1.82) is 0 Å². The molecule has 2 atom stereocenters. The van der Waals surface area contributed by atoms with E-state index in [2.05, 4.69) is 17.4 Å². The topological polar surface area (TPSA) is 92.8 Å². The van der Waals surface area contributed by atoms with Crippen LogP contribution in [0.2, 0.25) is 0 Å². The van der Waals surface area contributed by atoms with Crippen molar-refractivity contribution < 1.29 is 19.7 Å². The summed E-state index contributed by atoms with van der Waals surface area (Å²) in [5.41, 5.74) is 6.40. The zero-order valence-electron chi connectivity index (χ0n) is 9.33. The number of thiol groups is 1. The number of rotatable bonds is 4. The van der Waals surface area contributed by atoms with E-state index in [1.165, 1.54) is 0 Å². The highest BCUT2D eigenvalue weighted by Gasteiger charge is 2.25. The Morgan fingerprint density at radius 2 is 2.24 bits per heavy atom. The Hall–Kier alpha value is -1.24. The van der Waals surface area contributed by atoms with Crippen LogP contribution in [0.4, 0.5) is 4.79 Å². The van der Waals surface area contributed by atoms with Gasteiger partial charge in [0.05, 0.1) is 12.5 Å². The summed E-state index contributed by atoms with van der Waals surface area (Å²) in [5.74, 6) is -0.768. The SMILES string of the molecule is Cc1ccc([C@@H](CO)[C@@H](O)OC(N)=O)c(S)c1. The van der Waals surface area contributed by atoms with Crippen LogP contribution >= 0.6 is 12.6 Å². The van der Waals surface area contributed by atoms with Gasteiger partial charge in [-0.1, -0.05) is 17.7 Å². The van der Waals surface area contributed by atoms with Crippen LogP contribution < -0.4 is 5.73 Å². The Labute approximate surface area is 105 Å². The second-order valence-electron chi connectivity index (χ2n) is 3.68. The van der Waals surface area contributed by atoms with E-state index in [0.29, 0.717) is 10.5 Å². The summed E-state index contributed by atoms with van der Waals surface area (Å²) in [5, 5.41) is 18.8. The van der Waals surface area contributed by atoms with Gasteiger partial charge in [-0.15, -0.1) is 12.6 Å². The van der Waals surface area contributed by atoms with Crippen molar-refractivity contribution in [3.05, 3.63) is 29.3 Å². The molecule has 6 heteroatoms. The average Bonchev–Trinajstić information content (AvgIpc) is 2.21. The molecule has 0 spiro atoms. The predicted molar refractivity (Wildman–Crippen MR) is 64.9 cm³/mol. The fourth-order valence-corrected chi connectivity index (χ4v) is 1.95. The molecule has 0 saturated carbocycles. The van der Waals surface area contributed by atoms with Gasteiger partial charge in [0.25, 0.3) is 0 Å². The van der Waals surface area contributed by atoms with Gasteiger partial charge in [0, 0.05) is 4.90 Å². The maximum absolute atomic E-state index is 10.5. The van der Waals surface area contributed by atoms with Crippen molar-refractivity contribution in [3.8, 4) is 0 Å². The van der Waals surface area contributed by atoms with Crippen LogP contribution in [0.1, 0.15) is 17.0 Å². The number of carbonyl (C=O) groups is 1. The number of hydrogen-bond donors (Lipinski definition) is 4. The van der Waals surface area contributed by atoms with Gasteiger partial charge < -0.3 is 20.7 Å². The highest BCUT2D eigenvalue weighted by Crippen LogP contribution is 2.27. The minimum atomic E-state index is -1.49. The summed E-state index contributed by atoms with van der Waals surface area (Å²) < 4.78 is 4.44. The fraction of sp³-hybridized carbons (Fsp3) is 0.364. The molecule has 1 aromatic carbocycles. The summed E-state index contributed by atoms with van der Waals surface area (Å²) in [6, 6.07) is 5.32. The van der Waals surface area contributed by atoms with E-state index in [-0.39, 0.29) is 6.61 Å². The Morgan fingerprint density at radius 3 is 2.71 bits per heavy atom. The van der Waals surface area contributed by atoms with Crippen molar-refractivity contribution >= 4 is 18.7 Å². The zero-order valence-corrected chi connectivity index (χ0v) is 10.2. The van der Waals surface area contributed by atoms with Crippen LogP contribution in [0, 0.1) is 6.92 Å². The lowest BCUT2D eigenvalue weighted by molar-refractivity contribution is -0.0764. The van der Waals surface area contributed by atoms with E-state index >= 15 is 0 Å². The molecule has 1 amide bonds. The van der Waals surface area contributed by atoms with E-state index in [9.17, 15) is 15.0 Å². The number of aliphatic hydroxyl groups excluding tert-OH is 2. The molecule has 0 aliphatic carbocycles. The van der Waals surface area contributed by atoms with Crippen LogP contribution in [0.15, 0.2) is 23.1 Å². The van der Waals surface area contributed by atoms with E-state index in [0.717, 1.165) is 5.56 Å². The number of ether oxygens (including phenoxy) is 1. The van der Waals surface area contributed by atoms with E-state index in [1.807, 2.05) is 13.0 Å². The van der Waals surface area contributed by atoms with Gasteiger partial charge >= 0.3 is 6.09 Å². The van der Waals surface area contributed by atoms with Gasteiger partial charge in [-0.05, 0) is 18.6 Å². The van der Waals surface area contributed by atoms with E-state index < -0.39 is 18.3 Å². The summed E-state index contributed by atoms with van der Waals surface area (Å²) in [4.78, 5) is 11.1. The number of primary amides is 1. The lowest BCUT2D eigenvalue weighted by Crippen LogP contribution is -2.30. The number of amides is 1. The first kappa shape index (κ1) is 13.8. The molecule has 0 heterocycles. The highest BCUT2D eigenvalue weighted by atomic mass is 32.1. The first-order chi connectivity index (χ1) is 7.95. The first-order valence-electron chi connectivity index (χ1n) is 5.00. The molecule has 0 saturated heterocycles. The molecule has 0 fully saturated rings. The van der Waals surface area contributed by atoms with Gasteiger partial charge in [-0.2, -0.15) is 0 Å². The Morgan fingerprint density at radius 1 is 1.59 bits per heavy atom. The van der Waals surface area contributed by atoms with Crippen LogP contribution in [0.5, 0.6) is 0 Å². The van der Waals surface area contributed by atoms with E-state index in [1.54, 1.807) is 12.1 Å². The standard InChI is InChI=1S/C11H15NO4S/c1-6-2-3-7(9(17)4-6)8(5-13)10(14)16-11(12)15/h2-4,8,10,13-14,17H,5H2,1H3,(H2,12,15)/t8-,10+/m1/s1. The predicted octanol–water partition coefficient (Wildman–Crippen LogP) is 0.773. The quantitative estimate of drug-likeness (QED) is 0.473. The fourth-order valence-electron chi connectivity index (χ4n) is 1.51. The Kier molecular flexibility index (Phi) is 4.80. The van der Waals surface area contributed by atoms with Gasteiger partial charge in [-0.25, -0.2) is 4.79 Å². The molecular formula is C11H15NO4S. The van der Waals surface area contributed by atoms with E-state index in [4.69, 9.17) is 5.73 Å². The molecule has 0 aliphatic rings. The summed E-state index contributed by atoms with van der Waals surface area (Å²) in [7, 11) is 0. The smallest absolute Gasteiger partial charge is 0.406 e. The maximum Gasteiger partial charge on any atom is 0.406 e. The van der Waals surface area contributed by atoms with Gasteiger partial charge in [-0.3, -0.25) is 0 Å². The molecule has 94 valence electrons. The summed E-state index contributed by atoms with van der Waals surface area (Å²) in [6.07, 6.45) is -2.59. The molecule has 17 heavy (non-hydrogen) atoms. The highest BCUT2D eigenvalue weighted by molar-refractivity contribution is 7.80. The molecule has 0 aromatic heterocycles. The number of benzene rings is 1. The number of nitrogens with two attached hydrogens (primary N) is 1. The Balaban J connectivity index is 2.96. The lowest BCUT2D eigenvalue weighted by atomic mass is 9.98. The minimum Gasteiger partial charge on any atom is -0.419 e. The largest absolute Gasteiger partial charge is 0.419 e. The van der Waals surface area contributed by atoms with Crippen LogP contribution in [0.3, 0.4) is 0 Å². The molecule has 1 aromatic rings. The van der Waals surface area contributed by atoms with Crippen molar-refractivity contribution in [2.75, 3.05) is 6.61 Å². The lowest BCUT2D eigenvalue weighted by Gasteiger charge is -2.21. The Bertz CT molecular complexity index is 410. The van der Waals surface area contributed by atoms with Crippen LogP contribution in [-0.4, -0.2) is 29.2 Å². The van der Waals surface area contributed by atoms with Gasteiger partial charge in [0.1, 0.15) is 0 Å². The van der Waals surface area contributed by atoms with Crippen molar-refractivity contribution in [2.24, 2.45) is 5.73 Å². The third-order valence-corrected chi connectivity index (χ3v) is 2.75. The number of carbonyl (C=O) groups excluding carboxylic acids is 1. The molecule has 0 bridgehead atoms.